The Labute approximate surface area is 107 Å². The van der Waals surface area contributed by atoms with Gasteiger partial charge in [-0.3, -0.25) is 0 Å². The summed E-state index contributed by atoms with van der Waals surface area (Å²) in [4.78, 5) is 0. The Bertz CT molecular complexity index is 409. The van der Waals surface area contributed by atoms with Crippen LogP contribution in [-0.4, -0.2) is 5.11 Å². The van der Waals surface area contributed by atoms with Crippen LogP contribution in [0.2, 0.25) is 0 Å². The maximum Gasteiger partial charge on any atom is 0.200 e. The molecule has 1 aromatic rings. The molecule has 1 nitrogen and oxygen atoms in total. The van der Waals surface area contributed by atoms with Gasteiger partial charge in [-0.1, -0.05) is 25.8 Å². The standard InChI is InChI=1S/C15H20F2O/c1-2-3-10-4-6-11(7-5-10)12-8-9-13(18)15(17)14(12)16/h8-11,18H,2-7H2,1H3/t10-,11-. The zero-order valence-corrected chi connectivity index (χ0v) is 10.8. The van der Waals surface area contributed by atoms with Crippen molar-refractivity contribution in [2.45, 2.75) is 51.4 Å². The molecule has 0 atom stereocenters. The minimum absolute atomic E-state index is 0.105. The highest BCUT2D eigenvalue weighted by Crippen LogP contribution is 2.39. The fraction of sp³-hybridized carbons (Fsp3) is 0.600. The molecular weight excluding hydrogens is 234 g/mol. The topological polar surface area (TPSA) is 20.2 Å². The fourth-order valence-electron chi connectivity index (χ4n) is 3.04. The van der Waals surface area contributed by atoms with Crippen LogP contribution in [0, 0.1) is 17.6 Å². The lowest BCUT2D eigenvalue weighted by Gasteiger charge is -2.28. The number of rotatable bonds is 3. The van der Waals surface area contributed by atoms with E-state index in [1.54, 1.807) is 0 Å². The van der Waals surface area contributed by atoms with Gasteiger partial charge in [0.05, 0.1) is 0 Å². The molecule has 1 aliphatic carbocycles. The molecule has 0 heterocycles. The summed E-state index contributed by atoms with van der Waals surface area (Å²) in [6.07, 6.45) is 6.47. The normalized spacial score (nSPS) is 24.2. The van der Waals surface area contributed by atoms with Gasteiger partial charge in [-0.05, 0) is 49.1 Å². The molecule has 1 saturated carbocycles. The first-order valence-corrected chi connectivity index (χ1v) is 6.80. The summed E-state index contributed by atoms with van der Waals surface area (Å²) < 4.78 is 27.1. The molecule has 0 aliphatic heterocycles. The van der Waals surface area contributed by atoms with Crippen molar-refractivity contribution in [3.05, 3.63) is 29.3 Å². The van der Waals surface area contributed by atoms with Crippen molar-refractivity contribution in [3.8, 4) is 5.75 Å². The van der Waals surface area contributed by atoms with Crippen LogP contribution in [0.4, 0.5) is 8.78 Å². The van der Waals surface area contributed by atoms with Gasteiger partial charge in [0, 0.05) is 0 Å². The second-order valence-electron chi connectivity index (χ2n) is 5.31. The van der Waals surface area contributed by atoms with E-state index in [0.29, 0.717) is 5.56 Å². The maximum atomic E-state index is 13.8. The SMILES string of the molecule is CCC[C@H]1CC[C@H](c2ccc(O)c(F)c2F)CC1. The number of aromatic hydroxyl groups is 1. The van der Waals surface area contributed by atoms with E-state index in [4.69, 9.17) is 5.11 Å². The molecule has 1 N–H and O–H groups in total. The van der Waals surface area contributed by atoms with Crippen LogP contribution in [0.5, 0.6) is 5.75 Å². The van der Waals surface area contributed by atoms with Crippen molar-refractivity contribution in [1.82, 2.24) is 0 Å². The second-order valence-corrected chi connectivity index (χ2v) is 5.31. The smallest absolute Gasteiger partial charge is 0.200 e. The molecule has 0 aromatic heterocycles. The van der Waals surface area contributed by atoms with Gasteiger partial charge < -0.3 is 5.11 Å². The summed E-state index contributed by atoms with van der Waals surface area (Å²) >= 11 is 0. The summed E-state index contributed by atoms with van der Waals surface area (Å²) in [7, 11) is 0. The lowest BCUT2D eigenvalue weighted by Crippen LogP contribution is -2.14. The summed E-state index contributed by atoms with van der Waals surface area (Å²) in [5.41, 5.74) is 0.431. The summed E-state index contributed by atoms with van der Waals surface area (Å²) in [6.45, 7) is 2.18. The van der Waals surface area contributed by atoms with Gasteiger partial charge in [0.1, 0.15) is 0 Å². The Morgan fingerprint density at radius 2 is 1.78 bits per heavy atom. The molecule has 1 fully saturated rings. The Kier molecular flexibility index (Phi) is 4.20. The van der Waals surface area contributed by atoms with Gasteiger partial charge >= 0.3 is 0 Å². The second kappa shape index (κ2) is 5.68. The largest absolute Gasteiger partial charge is 0.505 e. The van der Waals surface area contributed by atoms with Gasteiger partial charge in [0.2, 0.25) is 5.82 Å². The molecule has 1 aromatic carbocycles. The average molecular weight is 254 g/mol. The van der Waals surface area contributed by atoms with Gasteiger partial charge in [-0.2, -0.15) is 4.39 Å². The van der Waals surface area contributed by atoms with Crippen molar-refractivity contribution >= 4 is 0 Å². The highest BCUT2D eigenvalue weighted by molar-refractivity contribution is 5.32. The van der Waals surface area contributed by atoms with Crippen LogP contribution in [-0.2, 0) is 0 Å². The molecule has 100 valence electrons. The third-order valence-electron chi connectivity index (χ3n) is 4.08. The zero-order chi connectivity index (χ0) is 13.1. The fourth-order valence-corrected chi connectivity index (χ4v) is 3.04. The first-order chi connectivity index (χ1) is 8.63. The molecule has 0 saturated heterocycles. The Morgan fingerprint density at radius 1 is 1.11 bits per heavy atom. The third-order valence-corrected chi connectivity index (χ3v) is 4.08. The minimum atomic E-state index is -1.11. The van der Waals surface area contributed by atoms with Gasteiger partial charge in [0.25, 0.3) is 0 Å². The quantitative estimate of drug-likeness (QED) is 0.825. The molecular formula is C15H20F2O. The molecule has 0 unspecified atom stereocenters. The predicted octanol–water partition coefficient (Wildman–Crippen LogP) is 4.74. The summed E-state index contributed by atoms with van der Waals surface area (Å²) in [5, 5.41) is 9.12. The van der Waals surface area contributed by atoms with E-state index in [9.17, 15) is 8.78 Å². The molecule has 2 rings (SSSR count). The molecule has 1 aliphatic rings. The molecule has 0 bridgehead atoms. The molecule has 0 spiro atoms. The highest BCUT2D eigenvalue weighted by Gasteiger charge is 2.25. The Morgan fingerprint density at radius 3 is 2.39 bits per heavy atom. The lowest BCUT2D eigenvalue weighted by atomic mass is 9.77. The van der Waals surface area contributed by atoms with E-state index in [1.165, 1.54) is 25.0 Å². The number of hydrogen-bond acceptors (Lipinski definition) is 1. The summed E-state index contributed by atoms with van der Waals surface area (Å²) in [5.74, 6) is -1.72. The van der Waals surface area contributed by atoms with E-state index in [2.05, 4.69) is 6.92 Å². The van der Waals surface area contributed by atoms with Crippen LogP contribution in [0.1, 0.15) is 56.9 Å². The van der Waals surface area contributed by atoms with Crippen LogP contribution >= 0.6 is 0 Å². The van der Waals surface area contributed by atoms with Gasteiger partial charge in [0.15, 0.2) is 11.6 Å². The van der Waals surface area contributed by atoms with Crippen molar-refractivity contribution in [1.29, 1.82) is 0 Å². The molecule has 0 amide bonds. The third kappa shape index (κ3) is 2.65. The molecule has 18 heavy (non-hydrogen) atoms. The van der Waals surface area contributed by atoms with Gasteiger partial charge in [-0.25, -0.2) is 4.39 Å². The van der Waals surface area contributed by atoms with E-state index < -0.39 is 17.4 Å². The van der Waals surface area contributed by atoms with E-state index >= 15 is 0 Å². The minimum Gasteiger partial charge on any atom is -0.505 e. The summed E-state index contributed by atoms with van der Waals surface area (Å²) in [6, 6.07) is 2.78. The van der Waals surface area contributed by atoms with Crippen molar-refractivity contribution < 1.29 is 13.9 Å². The van der Waals surface area contributed by atoms with E-state index in [1.807, 2.05) is 0 Å². The molecule has 3 heteroatoms. The first-order valence-electron chi connectivity index (χ1n) is 6.80. The van der Waals surface area contributed by atoms with Crippen molar-refractivity contribution in [2.75, 3.05) is 0 Å². The maximum absolute atomic E-state index is 13.8. The first kappa shape index (κ1) is 13.3. The van der Waals surface area contributed by atoms with Crippen LogP contribution in [0.3, 0.4) is 0 Å². The lowest BCUT2D eigenvalue weighted by molar-refractivity contribution is 0.301. The highest BCUT2D eigenvalue weighted by atomic mass is 19.2. The van der Waals surface area contributed by atoms with E-state index in [0.717, 1.165) is 31.6 Å². The number of hydrogen-bond donors (Lipinski definition) is 1. The Hall–Kier alpha value is -1.12. The number of benzene rings is 1. The van der Waals surface area contributed by atoms with Crippen LogP contribution in [0.15, 0.2) is 12.1 Å². The Balaban J connectivity index is 2.08. The molecule has 0 radical (unpaired) electrons. The van der Waals surface area contributed by atoms with Crippen molar-refractivity contribution in [2.24, 2.45) is 5.92 Å². The monoisotopic (exact) mass is 254 g/mol. The number of phenolic OH excluding ortho intramolecular Hbond substituents is 1. The number of phenols is 1. The van der Waals surface area contributed by atoms with Gasteiger partial charge in [-0.15, -0.1) is 0 Å². The van der Waals surface area contributed by atoms with Crippen LogP contribution in [0.25, 0.3) is 0 Å². The zero-order valence-electron chi connectivity index (χ0n) is 10.8. The average Bonchev–Trinajstić information content (AvgIpc) is 2.38. The van der Waals surface area contributed by atoms with Crippen LogP contribution < -0.4 is 0 Å². The number of halogens is 2. The van der Waals surface area contributed by atoms with E-state index in [-0.39, 0.29) is 5.92 Å². The van der Waals surface area contributed by atoms with Crippen molar-refractivity contribution in [3.63, 3.8) is 0 Å². The predicted molar refractivity (Wildman–Crippen MR) is 67.6 cm³/mol.